The van der Waals surface area contributed by atoms with Crippen molar-refractivity contribution in [3.05, 3.63) is 114 Å². The van der Waals surface area contributed by atoms with Crippen molar-refractivity contribution in [2.75, 3.05) is 4.31 Å². The molecule has 4 rings (SSSR count). The van der Waals surface area contributed by atoms with Gasteiger partial charge in [0, 0.05) is 12.4 Å². The number of rotatable bonds is 7. The molecule has 0 aliphatic carbocycles. The molecule has 0 radical (unpaired) electrons. The van der Waals surface area contributed by atoms with E-state index in [1.807, 2.05) is 66.7 Å². The fourth-order valence-corrected chi connectivity index (χ4v) is 4.12. The van der Waals surface area contributed by atoms with Gasteiger partial charge in [-0.25, -0.2) is 4.31 Å². The highest BCUT2D eigenvalue weighted by molar-refractivity contribution is 7.91. The van der Waals surface area contributed by atoms with Gasteiger partial charge in [0.15, 0.2) is 0 Å². The van der Waals surface area contributed by atoms with Gasteiger partial charge in [-0.3, -0.25) is 4.72 Å². The van der Waals surface area contributed by atoms with E-state index in [2.05, 4.69) is 22.9 Å². The lowest BCUT2D eigenvalue weighted by atomic mass is 10.1. The second-order valence-electron chi connectivity index (χ2n) is 6.83. The smallest absolute Gasteiger partial charge is 0.327 e. The molecule has 3 aromatic carbocycles. The topological polar surface area (TPSA) is 58.6 Å². The molecule has 0 atom stereocenters. The van der Waals surface area contributed by atoms with E-state index in [0.29, 0.717) is 18.0 Å². The van der Waals surface area contributed by atoms with Gasteiger partial charge in [0.05, 0.1) is 0 Å². The fraction of sp³-hybridized carbons (Fsp3) is 0.0833. The van der Waals surface area contributed by atoms with Crippen LogP contribution in [0.3, 0.4) is 0 Å². The summed E-state index contributed by atoms with van der Waals surface area (Å²) >= 11 is 0. The average Bonchev–Trinajstić information content (AvgIpc) is 3.12. The molecular formula is C24H22N2O3S. The van der Waals surface area contributed by atoms with Crippen LogP contribution in [-0.2, 0) is 23.2 Å². The molecule has 0 spiro atoms. The van der Waals surface area contributed by atoms with Crippen molar-refractivity contribution >= 4 is 22.0 Å². The van der Waals surface area contributed by atoms with Gasteiger partial charge in [-0.2, -0.15) is 8.42 Å². The minimum Gasteiger partial charge on any atom is -0.487 e. The van der Waals surface area contributed by atoms with Gasteiger partial charge in [-0.1, -0.05) is 78.9 Å². The second-order valence-corrected chi connectivity index (χ2v) is 8.41. The van der Waals surface area contributed by atoms with Crippen molar-refractivity contribution in [1.29, 1.82) is 0 Å². The molecule has 1 heterocycles. The summed E-state index contributed by atoms with van der Waals surface area (Å²) in [5.41, 5.74) is 3.63. The predicted octanol–water partition coefficient (Wildman–Crippen LogP) is 4.65. The molecule has 0 bridgehead atoms. The van der Waals surface area contributed by atoms with E-state index in [1.165, 1.54) is 22.3 Å². The number of hydrogen-bond donors (Lipinski definition) is 1. The minimum atomic E-state index is -3.64. The van der Waals surface area contributed by atoms with E-state index in [9.17, 15) is 8.42 Å². The zero-order chi connectivity index (χ0) is 20.8. The molecule has 0 saturated carbocycles. The predicted molar refractivity (Wildman–Crippen MR) is 120 cm³/mol. The fourth-order valence-electron chi connectivity index (χ4n) is 3.14. The van der Waals surface area contributed by atoms with Crippen LogP contribution in [0, 0.1) is 0 Å². The maximum absolute atomic E-state index is 12.3. The van der Waals surface area contributed by atoms with E-state index in [1.54, 1.807) is 6.07 Å². The number of nitrogens with zero attached hydrogens (tertiary/aromatic N) is 1. The lowest BCUT2D eigenvalue weighted by Gasteiger charge is -2.19. The first-order valence-electron chi connectivity index (χ1n) is 9.61. The van der Waals surface area contributed by atoms with Crippen molar-refractivity contribution in [1.82, 2.24) is 4.72 Å². The Labute approximate surface area is 177 Å². The second kappa shape index (κ2) is 8.88. The number of allylic oxidation sites excluding steroid dienone is 1. The normalized spacial score (nSPS) is 14.7. The molecule has 6 heteroatoms. The van der Waals surface area contributed by atoms with Gasteiger partial charge >= 0.3 is 10.2 Å². The molecule has 0 amide bonds. The molecule has 1 aliphatic heterocycles. The van der Waals surface area contributed by atoms with Crippen LogP contribution in [0.5, 0.6) is 5.75 Å². The molecule has 152 valence electrons. The maximum Gasteiger partial charge on any atom is 0.327 e. The zero-order valence-electron chi connectivity index (χ0n) is 16.3. The summed E-state index contributed by atoms with van der Waals surface area (Å²) < 4.78 is 34.1. The van der Waals surface area contributed by atoms with Gasteiger partial charge in [0.1, 0.15) is 18.0 Å². The van der Waals surface area contributed by atoms with Crippen LogP contribution in [-0.4, -0.2) is 8.42 Å². The van der Waals surface area contributed by atoms with Crippen LogP contribution in [0.1, 0.15) is 16.7 Å². The van der Waals surface area contributed by atoms with Crippen LogP contribution in [0.4, 0.5) is 5.69 Å². The lowest BCUT2D eigenvalue weighted by molar-refractivity contribution is 0.307. The van der Waals surface area contributed by atoms with Gasteiger partial charge in [-0.15, -0.1) is 0 Å². The molecule has 0 unspecified atom stereocenters. The number of benzene rings is 3. The number of hydrogen-bond acceptors (Lipinski definition) is 3. The lowest BCUT2D eigenvalue weighted by Crippen LogP contribution is -2.28. The Morgan fingerprint density at radius 1 is 0.900 bits per heavy atom. The maximum atomic E-state index is 12.3. The van der Waals surface area contributed by atoms with Gasteiger partial charge in [0.25, 0.3) is 0 Å². The van der Waals surface area contributed by atoms with Crippen LogP contribution < -0.4 is 13.8 Å². The van der Waals surface area contributed by atoms with Crippen molar-refractivity contribution in [2.24, 2.45) is 0 Å². The molecule has 5 nitrogen and oxygen atoms in total. The Bertz CT molecular complexity index is 1160. The van der Waals surface area contributed by atoms with Crippen molar-refractivity contribution in [3.8, 4) is 5.75 Å². The number of ether oxygens (including phenoxy) is 1. The number of anilines is 1. The van der Waals surface area contributed by atoms with E-state index >= 15 is 0 Å². The quantitative estimate of drug-likeness (QED) is 0.608. The SMILES string of the molecule is O=S1(=O)NC=CN1c1ccc(/C=C/Cc2ccccc2)cc1OCc1ccccc1. The highest BCUT2D eigenvalue weighted by atomic mass is 32.2. The first kappa shape index (κ1) is 19.8. The minimum absolute atomic E-state index is 0.343. The van der Waals surface area contributed by atoms with Crippen LogP contribution >= 0.6 is 0 Å². The molecule has 0 aromatic heterocycles. The van der Waals surface area contributed by atoms with Gasteiger partial charge in [-0.05, 0) is 35.2 Å². The van der Waals surface area contributed by atoms with E-state index in [0.717, 1.165) is 17.5 Å². The van der Waals surface area contributed by atoms with Gasteiger partial charge in [0.2, 0.25) is 0 Å². The molecule has 3 aromatic rings. The molecule has 0 saturated heterocycles. The monoisotopic (exact) mass is 418 g/mol. The Kier molecular flexibility index (Phi) is 5.86. The Morgan fingerprint density at radius 3 is 2.27 bits per heavy atom. The highest BCUT2D eigenvalue weighted by Gasteiger charge is 2.26. The van der Waals surface area contributed by atoms with E-state index in [-0.39, 0.29) is 0 Å². The standard InChI is InChI=1S/C24H22N2O3S/c27-30(28)25-16-17-26(30)23-15-14-21(13-7-12-20-8-3-1-4-9-20)18-24(23)29-19-22-10-5-2-6-11-22/h1-11,13-18,25H,12,19H2/b13-7+. The first-order chi connectivity index (χ1) is 14.6. The highest BCUT2D eigenvalue weighted by Crippen LogP contribution is 2.33. The molecule has 0 fully saturated rings. The average molecular weight is 419 g/mol. The summed E-state index contributed by atoms with van der Waals surface area (Å²) in [4.78, 5) is 0. The van der Waals surface area contributed by atoms with Crippen LogP contribution in [0.15, 0.2) is 97.3 Å². The van der Waals surface area contributed by atoms with Crippen molar-refractivity contribution in [2.45, 2.75) is 13.0 Å². The first-order valence-corrected chi connectivity index (χ1v) is 11.1. The Morgan fingerprint density at radius 2 is 1.60 bits per heavy atom. The largest absolute Gasteiger partial charge is 0.487 e. The summed E-state index contributed by atoms with van der Waals surface area (Å²) in [5.74, 6) is 0.498. The van der Waals surface area contributed by atoms with Crippen molar-refractivity contribution < 1.29 is 13.2 Å². The Hall–Kier alpha value is -3.51. The molecule has 1 N–H and O–H groups in total. The summed E-state index contributed by atoms with van der Waals surface area (Å²) in [6, 6.07) is 25.5. The summed E-state index contributed by atoms with van der Waals surface area (Å²) in [5, 5.41) is 0. The van der Waals surface area contributed by atoms with E-state index < -0.39 is 10.2 Å². The van der Waals surface area contributed by atoms with Gasteiger partial charge < -0.3 is 4.74 Å². The Balaban J connectivity index is 1.59. The summed E-state index contributed by atoms with van der Waals surface area (Å²) in [6.07, 6.45) is 7.78. The third kappa shape index (κ3) is 4.72. The third-order valence-electron chi connectivity index (χ3n) is 4.65. The van der Waals surface area contributed by atoms with Crippen LogP contribution in [0.2, 0.25) is 0 Å². The molecule has 1 aliphatic rings. The van der Waals surface area contributed by atoms with Crippen LogP contribution in [0.25, 0.3) is 6.08 Å². The third-order valence-corrected chi connectivity index (χ3v) is 5.92. The number of nitrogens with one attached hydrogen (secondary N) is 1. The van der Waals surface area contributed by atoms with E-state index in [4.69, 9.17) is 4.74 Å². The molecular weight excluding hydrogens is 396 g/mol. The molecule has 30 heavy (non-hydrogen) atoms. The summed E-state index contributed by atoms with van der Waals surface area (Å²) in [6.45, 7) is 0.343. The van der Waals surface area contributed by atoms with Crippen molar-refractivity contribution in [3.63, 3.8) is 0 Å². The zero-order valence-corrected chi connectivity index (χ0v) is 17.1. The summed E-state index contributed by atoms with van der Waals surface area (Å²) in [7, 11) is -3.64.